The Morgan fingerprint density at radius 2 is 1.29 bits per heavy atom. The zero-order valence-corrected chi connectivity index (χ0v) is 9.71. The first-order valence-corrected chi connectivity index (χ1v) is 6.19. The predicted molar refractivity (Wildman–Crippen MR) is 60.5 cm³/mol. The van der Waals surface area contributed by atoms with Gasteiger partial charge in [0.1, 0.15) is 0 Å². The first kappa shape index (κ1) is 10.4. The Bertz CT molecular complexity index is 181. The normalized spacial score (nSPS) is 37.3. The molecular formula is C12H24N2. The van der Waals surface area contributed by atoms with Crippen molar-refractivity contribution in [2.45, 2.75) is 50.6 Å². The van der Waals surface area contributed by atoms with Gasteiger partial charge in [-0.05, 0) is 52.9 Å². The summed E-state index contributed by atoms with van der Waals surface area (Å²) in [5, 5.41) is 0. The molecule has 2 atom stereocenters. The lowest BCUT2D eigenvalue weighted by atomic mass is 10.00. The van der Waals surface area contributed by atoms with Crippen LogP contribution in [-0.4, -0.2) is 49.1 Å². The molecule has 2 nitrogen and oxygen atoms in total. The maximum atomic E-state index is 2.61. The third kappa shape index (κ3) is 2.12. The van der Waals surface area contributed by atoms with E-state index in [1.807, 2.05) is 0 Å². The van der Waals surface area contributed by atoms with Gasteiger partial charge in [0.05, 0.1) is 0 Å². The molecule has 2 aliphatic rings. The van der Waals surface area contributed by atoms with Crippen LogP contribution in [0.2, 0.25) is 0 Å². The van der Waals surface area contributed by atoms with Crippen LogP contribution in [0, 0.1) is 0 Å². The standard InChI is InChI=1S/C12H24N2/c1-13-9-5-3-4-7-11(13)12-8-6-10-14(12)2/h11-12H,3-10H2,1-2H3. The first-order valence-electron chi connectivity index (χ1n) is 6.19. The summed E-state index contributed by atoms with van der Waals surface area (Å²) in [4.78, 5) is 5.19. The van der Waals surface area contributed by atoms with Gasteiger partial charge in [0.2, 0.25) is 0 Å². The second-order valence-electron chi connectivity index (χ2n) is 5.09. The fourth-order valence-corrected chi connectivity index (χ4v) is 3.19. The zero-order valence-electron chi connectivity index (χ0n) is 9.71. The molecule has 2 saturated heterocycles. The summed E-state index contributed by atoms with van der Waals surface area (Å²) in [6.07, 6.45) is 8.54. The quantitative estimate of drug-likeness (QED) is 0.632. The fourth-order valence-electron chi connectivity index (χ4n) is 3.19. The number of hydrogen-bond donors (Lipinski definition) is 0. The Labute approximate surface area is 88.3 Å². The van der Waals surface area contributed by atoms with Crippen molar-refractivity contribution in [3.05, 3.63) is 0 Å². The molecular weight excluding hydrogens is 172 g/mol. The molecule has 0 N–H and O–H groups in total. The van der Waals surface area contributed by atoms with Gasteiger partial charge in [-0.2, -0.15) is 0 Å². The van der Waals surface area contributed by atoms with Gasteiger partial charge in [0, 0.05) is 12.1 Å². The predicted octanol–water partition coefficient (Wildman–Crippen LogP) is 1.95. The van der Waals surface area contributed by atoms with Crippen LogP contribution in [0.15, 0.2) is 0 Å². The average Bonchev–Trinajstić information content (AvgIpc) is 2.46. The minimum absolute atomic E-state index is 0.838. The Balaban J connectivity index is 1.99. The monoisotopic (exact) mass is 196 g/mol. The maximum Gasteiger partial charge on any atom is 0.0248 e. The lowest BCUT2D eigenvalue weighted by Gasteiger charge is -2.34. The molecule has 0 radical (unpaired) electrons. The summed E-state index contributed by atoms with van der Waals surface area (Å²) >= 11 is 0. The molecule has 0 aromatic rings. The van der Waals surface area contributed by atoms with Gasteiger partial charge < -0.3 is 9.80 Å². The molecule has 0 aromatic heterocycles. The second kappa shape index (κ2) is 4.63. The molecule has 2 aliphatic heterocycles. The van der Waals surface area contributed by atoms with Crippen molar-refractivity contribution in [3.63, 3.8) is 0 Å². The summed E-state index contributed by atoms with van der Waals surface area (Å²) < 4.78 is 0. The van der Waals surface area contributed by atoms with Crippen LogP contribution in [0.3, 0.4) is 0 Å². The summed E-state index contributed by atoms with van der Waals surface area (Å²) in [6.45, 7) is 2.63. The van der Waals surface area contributed by atoms with Crippen molar-refractivity contribution in [1.29, 1.82) is 0 Å². The van der Waals surface area contributed by atoms with E-state index in [0.717, 1.165) is 12.1 Å². The highest BCUT2D eigenvalue weighted by molar-refractivity contribution is 4.89. The average molecular weight is 196 g/mol. The minimum Gasteiger partial charge on any atom is -0.302 e. The molecule has 0 amide bonds. The van der Waals surface area contributed by atoms with Crippen LogP contribution in [0.25, 0.3) is 0 Å². The van der Waals surface area contributed by atoms with Crippen LogP contribution in [0.4, 0.5) is 0 Å². The number of likely N-dealkylation sites (N-methyl/N-ethyl adjacent to an activating group) is 2. The molecule has 2 heteroatoms. The van der Waals surface area contributed by atoms with Gasteiger partial charge >= 0.3 is 0 Å². The number of nitrogens with zero attached hydrogens (tertiary/aromatic N) is 2. The number of rotatable bonds is 1. The van der Waals surface area contributed by atoms with Crippen molar-refractivity contribution in [3.8, 4) is 0 Å². The topological polar surface area (TPSA) is 6.48 Å². The lowest BCUT2D eigenvalue weighted by Crippen LogP contribution is -2.46. The van der Waals surface area contributed by atoms with E-state index in [0.29, 0.717) is 0 Å². The molecule has 0 spiro atoms. The molecule has 2 unspecified atom stereocenters. The third-order valence-corrected chi connectivity index (χ3v) is 4.10. The largest absolute Gasteiger partial charge is 0.302 e. The van der Waals surface area contributed by atoms with E-state index >= 15 is 0 Å². The van der Waals surface area contributed by atoms with E-state index in [1.54, 1.807) is 0 Å². The van der Waals surface area contributed by atoms with Crippen molar-refractivity contribution in [1.82, 2.24) is 9.80 Å². The van der Waals surface area contributed by atoms with Crippen LogP contribution >= 0.6 is 0 Å². The fraction of sp³-hybridized carbons (Fsp3) is 1.00. The van der Waals surface area contributed by atoms with E-state index in [9.17, 15) is 0 Å². The first-order chi connectivity index (χ1) is 6.79. The van der Waals surface area contributed by atoms with Gasteiger partial charge in [0.15, 0.2) is 0 Å². The van der Waals surface area contributed by atoms with E-state index in [1.165, 1.54) is 51.6 Å². The van der Waals surface area contributed by atoms with E-state index in [-0.39, 0.29) is 0 Å². The Morgan fingerprint density at radius 3 is 1.86 bits per heavy atom. The molecule has 2 fully saturated rings. The smallest absolute Gasteiger partial charge is 0.0248 e. The van der Waals surface area contributed by atoms with E-state index in [2.05, 4.69) is 23.9 Å². The number of hydrogen-bond acceptors (Lipinski definition) is 2. The van der Waals surface area contributed by atoms with Gasteiger partial charge in [-0.15, -0.1) is 0 Å². The summed E-state index contributed by atoms with van der Waals surface area (Å²) in [5.41, 5.74) is 0. The third-order valence-electron chi connectivity index (χ3n) is 4.10. The molecule has 0 bridgehead atoms. The molecule has 2 heterocycles. The Hall–Kier alpha value is -0.0800. The highest BCUT2D eigenvalue weighted by Crippen LogP contribution is 2.26. The van der Waals surface area contributed by atoms with Crippen LogP contribution in [-0.2, 0) is 0 Å². The SMILES string of the molecule is CN1CCCCCC1C1CCCN1C. The van der Waals surface area contributed by atoms with E-state index < -0.39 is 0 Å². The van der Waals surface area contributed by atoms with Crippen LogP contribution in [0.5, 0.6) is 0 Å². The number of likely N-dealkylation sites (tertiary alicyclic amines) is 2. The summed E-state index contributed by atoms with van der Waals surface area (Å²) in [7, 11) is 4.62. The Morgan fingerprint density at radius 1 is 0.714 bits per heavy atom. The van der Waals surface area contributed by atoms with Gasteiger partial charge in [-0.3, -0.25) is 0 Å². The van der Waals surface area contributed by atoms with Crippen molar-refractivity contribution < 1.29 is 0 Å². The van der Waals surface area contributed by atoms with E-state index in [4.69, 9.17) is 0 Å². The van der Waals surface area contributed by atoms with Crippen LogP contribution in [0.1, 0.15) is 38.5 Å². The van der Waals surface area contributed by atoms with Crippen LogP contribution < -0.4 is 0 Å². The highest BCUT2D eigenvalue weighted by Gasteiger charge is 2.31. The highest BCUT2D eigenvalue weighted by atomic mass is 15.2. The molecule has 0 aliphatic carbocycles. The molecule has 0 aromatic carbocycles. The van der Waals surface area contributed by atoms with Crippen molar-refractivity contribution in [2.24, 2.45) is 0 Å². The molecule has 0 saturated carbocycles. The molecule has 2 rings (SSSR count). The maximum absolute atomic E-state index is 2.61. The molecule has 82 valence electrons. The minimum atomic E-state index is 0.838. The van der Waals surface area contributed by atoms with Gasteiger partial charge in [0.25, 0.3) is 0 Å². The zero-order chi connectivity index (χ0) is 9.97. The lowest BCUT2D eigenvalue weighted by molar-refractivity contribution is 0.141. The van der Waals surface area contributed by atoms with Crippen molar-refractivity contribution >= 4 is 0 Å². The Kier molecular flexibility index (Phi) is 3.45. The van der Waals surface area contributed by atoms with Gasteiger partial charge in [-0.1, -0.05) is 12.8 Å². The second-order valence-corrected chi connectivity index (χ2v) is 5.09. The van der Waals surface area contributed by atoms with Crippen molar-refractivity contribution in [2.75, 3.05) is 27.2 Å². The summed E-state index contributed by atoms with van der Waals surface area (Å²) in [5.74, 6) is 0. The van der Waals surface area contributed by atoms with Gasteiger partial charge in [-0.25, -0.2) is 0 Å². The molecule has 14 heavy (non-hydrogen) atoms. The summed E-state index contributed by atoms with van der Waals surface area (Å²) in [6, 6.07) is 1.68.